The van der Waals surface area contributed by atoms with Gasteiger partial charge >= 0.3 is 0 Å². The van der Waals surface area contributed by atoms with Gasteiger partial charge in [0, 0.05) is 12.8 Å². The molecular weight excluding hydrogens is 272 g/mol. The van der Waals surface area contributed by atoms with Crippen molar-refractivity contribution in [3.63, 3.8) is 0 Å². The number of ether oxygens (including phenoxy) is 1. The largest absolute Gasteiger partial charge is 0.484 e. The molecule has 3 aliphatic rings. The van der Waals surface area contributed by atoms with E-state index < -0.39 is 5.60 Å². The Hall–Kier alpha value is -1.31. The Labute approximate surface area is 134 Å². The molecule has 0 aromatic carbocycles. The Balaban J connectivity index is 1.76. The first-order chi connectivity index (χ1) is 10.4. The number of Topliss-reactive ketones (excluding diaryl/α,β-unsaturated/α-hetero) is 1. The van der Waals surface area contributed by atoms with Gasteiger partial charge in [-0.15, -0.1) is 0 Å². The van der Waals surface area contributed by atoms with Crippen LogP contribution in [0.4, 0.5) is 0 Å². The maximum atomic E-state index is 12.8. The minimum atomic E-state index is -0.526. The third kappa shape index (κ3) is 2.68. The molecule has 120 valence electrons. The van der Waals surface area contributed by atoms with Crippen molar-refractivity contribution < 1.29 is 9.53 Å². The second kappa shape index (κ2) is 5.72. The van der Waals surface area contributed by atoms with Crippen LogP contribution in [0.5, 0.6) is 0 Å². The first kappa shape index (κ1) is 15.6. The number of hydrogen-bond acceptors (Lipinski definition) is 2. The molecule has 0 radical (unpaired) electrons. The second-order valence-corrected chi connectivity index (χ2v) is 7.62. The van der Waals surface area contributed by atoms with Gasteiger partial charge in [0.15, 0.2) is 11.4 Å². The van der Waals surface area contributed by atoms with Crippen LogP contribution in [0.3, 0.4) is 0 Å². The van der Waals surface area contributed by atoms with Crippen molar-refractivity contribution in [2.75, 3.05) is 0 Å². The molecule has 0 bridgehead atoms. The monoisotopic (exact) mass is 300 g/mol. The second-order valence-electron chi connectivity index (χ2n) is 7.62. The van der Waals surface area contributed by atoms with Gasteiger partial charge in [-0.1, -0.05) is 24.3 Å². The summed E-state index contributed by atoms with van der Waals surface area (Å²) in [5.74, 6) is 2.30. The number of rotatable bonds is 2. The average molecular weight is 300 g/mol. The fraction of sp³-hybridized carbons (Fsp3) is 0.650. The lowest BCUT2D eigenvalue weighted by Gasteiger charge is -2.45. The topological polar surface area (TPSA) is 26.3 Å². The molecule has 1 saturated carbocycles. The van der Waals surface area contributed by atoms with Crippen LogP contribution in [0.15, 0.2) is 35.6 Å². The number of carbonyl (C=O) groups excluding carboxylic acids is 1. The highest BCUT2D eigenvalue weighted by Gasteiger charge is 2.47. The van der Waals surface area contributed by atoms with E-state index in [1.54, 1.807) is 0 Å². The maximum absolute atomic E-state index is 12.8. The van der Waals surface area contributed by atoms with Crippen molar-refractivity contribution in [1.82, 2.24) is 0 Å². The molecule has 0 aromatic rings. The van der Waals surface area contributed by atoms with E-state index >= 15 is 0 Å². The molecular formula is C20H28O2. The predicted octanol–water partition coefficient (Wildman–Crippen LogP) is 5.11. The van der Waals surface area contributed by atoms with Crippen molar-refractivity contribution >= 4 is 5.78 Å². The zero-order valence-electron chi connectivity index (χ0n) is 14.0. The van der Waals surface area contributed by atoms with E-state index in [9.17, 15) is 4.79 Å². The molecule has 0 amide bonds. The van der Waals surface area contributed by atoms with Crippen molar-refractivity contribution in [1.29, 1.82) is 0 Å². The highest BCUT2D eigenvalue weighted by atomic mass is 16.5. The molecule has 0 saturated heterocycles. The lowest BCUT2D eigenvalue weighted by Crippen LogP contribution is -2.48. The van der Waals surface area contributed by atoms with Crippen LogP contribution in [-0.4, -0.2) is 11.4 Å². The molecule has 2 aliphatic carbocycles. The van der Waals surface area contributed by atoms with Crippen molar-refractivity contribution in [3.8, 4) is 0 Å². The SMILES string of the molecule is C=C(C)[C@@H]1CC[C@@]2(CCC3=C(C[C@H](C(=C)C)CC3)O2)C(=O)C1. The van der Waals surface area contributed by atoms with Gasteiger partial charge in [-0.05, 0) is 69.8 Å². The van der Waals surface area contributed by atoms with Gasteiger partial charge in [0.25, 0.3) is 0 Å². The lowest BCUT2D eigenvalue weighted by atomic mass is 9.71. The molecule has 1 spiro atoms. The van der Waals surface area contributed by atoms with Gasteiger partial charge in [-0.2, -0.15) is 0 Å². The van der Waals surface area contributed by atoms with Crippen LogP contribution < -0.4 is 0 Å². The van der Waals surface area contributed by atoms with Crippen molar-refractivity contribution in [2.24, 2.45) is 11.8 Å². The summed E-state index contributed by atoms with van der Waals surface area (Å²) in [6, 6.07) is 0. The van der Waals surface area contributed by atoms with E-state index in [1.807, 2.05) is 6.92 Å². The van der Waals surface area contributed by atoms with Crippen LogP contribution in [-0.2, 0) is 9.53 Å². The van der Waals surface area contributed by atoms with E-state index in [0.717, 1.165) is 49.9 Å². The van der Waals surface area contributed by atoms with Gasteiger partial charge in [-0.3, -0.25) is 4.79 Å². The first-order valence-electron chi connectivity index (χ1n) is 8.65. The summed E-state index contributed by atoms with van der Waals surface area (Å²) < 4.78 is 6.40. The molecule has 3 atom stereocenters. The zero-order valence-corrected chi connectivity index (χ0v) is 14.0. The molecule has 2 heteroatoms. The quantitative estimate of drug-likeness (QED) is 0.662. The number of carbonyl (C=O) groups is 1. The molecule has 0 N–H and O–H groups in total. The van der Waals surface area contributed by atoms with E-state index in [0.29, 0.717) is 24.0 Å². The molecule has 1 aliphatic heterocycles. The first-order valence-corrected chi connectivity index (χ1v) is 8.65. The molecule has 1 heterocycles. The fourth-order valence-corrected chi connectivity index (χ4v) is 4.25. The van der Waals surface area contributed by atoms with Crippen LogP contribution in [0, 0.1) is 11.8 Å². The third-order valence-corrected chi connectivity index (χ3v) is 6.00. The van der Waals surface area contributed by atoms with Gasteiger partial charge in [0.1, 0.15) is 0 Å². The number of hydrogen-bond donors (Lipinski definition) is 0. The van der Waals surface area contributed by atoms with Crippen molar-refractivity contribution in [2.45, 2.75) is 70.8 Å². The summed E-state index contributed by atoms with van der Waals surface area (Å²) in [5, 5.41) is 0. The molecule has 1 fully saturated rings. The normalized spacial score (nSPS) is 35.1. The average Bonchev–Trinajstić information content (AvgIpc) is 2.49. The Kier molecular flexibility index (Phi) is 4.05. The van der Waals surface area contributed by atoms with E-state index in [-0.39, 0.29) is 0 Å². The van der Waals surface area contributed by atoms with E-state index in [2.05, 4.69) is 20.1 Å². The Morgan fingerprint density at radius 3 is 2.36 bits per heavy atom. The highest BCUT2D eigenvalue weighted by Crippen LogP contribution is 2.47. The van der Waals surface area contributed by atoms with E-state index in [4.69, 9.17) is 4.74 Å². The molecule has 2 nitrogen and oxygen atoms in total. The van der Waals surface area contributed by atoms with Crippen LogP contribution >= 0.6 is 0 Å². The molecule has 0 aromatic heterocycles. The maximum Gasteiger partial charge on any atom is 0.176 e. The summed E-state index contributed by atoms with van der Waals surface area (Å²) in [7, 11) is 0. The summed E-state index contributed by atoms with van der Waals surface area (Å²) in [6.07, 6.45) is 7.69. The van der Waals surface area contributed by atoms with Gasteiger partial charge in [0.05, 0.1) is 5.76 Å². The van der Waals surface area contributed by atoms with E-state index in [1.165, 1.54) is 17.6 Å². The zero-order chi connectivity index (χ0) is 15.9. The van der Waals surface area contributed by atoms with Crippen LogP contribution in [0.25, 0.3) is 0 Å². The smallest absolute Gasteiger partial charge is 0.176 e. The Bertz CT molecular complexity index is 554. The molecule has 3 rings (SSSR count). The minimum Gasteiger partial charge on any atom is -0.484 e. The molecule has 22 heavy (non-hydrogen) atoms. The Morgan fingerprint density at radius 1 is 1.05 bits per heavy atom. The van der Waals surface area contributed by atoms with Crippen LogP contribution in [0.2, 0.25) is 0 Å². The lowest BCUT2D eigenvalue weighted by molar-refractivity contribution is -0.149. The highest BCUT2D eigenvalue weighted by molar-refractivity contribution is 5.89. The predicted molar refractivity (Wildman–Crippen MR) is 89.4 cm³/mol. The third-order valence-electron chi connectivity index (χ3n) is 6.00. The minimum absolute atomic E-state index is 0.302. The summed E-state index contributed by atoms with van der Waals surface area (Å²) in [6.45, 7) is 12.3. The van der Waals surface area contributed by atoms with Crippen molar-refractivity contribution in [3.05, 3.63) is 35.6 Å². The van der Waals surface area contributed by atoms with Gasteiger partial charge in [-0.25, -0.2) is 0 Å². The van der Waals surface area contributed by atoms with Crippen LogP contribution in [0.1, 0.15) is 65.2 Å². The summed E-state index contributed by atoms with van der Waals surface area (Å²) in [5.41, 5.74) is 3.31. The molecule has 0 unspecified atom stereocenters. The summed E-state index contributed by atoms with van der Waals surface area (Å²) in [4.78, 5) is 12.8. The number of ketones is 1. The summed E-state index contributed by atoms with van der Waals surface area (Å²) >= 11 is 0. The van der Waals surface area contributed by atoms with Gasteiger partial charge in [0.2, 0.25) is 0 Å². The number of allylic oxidation sites excluding steroid dienone is 4. The Morgan fingerprint density at radius 2 is 1.73 bits per heavy atom. The fourth-order valence-electron chi connectivity index (χ4n) is 4.25. The standard InChI is InChI=1S/C20H28O2/c1-13(2)16-6-5-15-7-9-20(22-18(15)11-16)10-8-17(14(3)4)12-19(20)21/h16-17H,1,3,5-12H2,2,4H3/t16-,17-,20+/m1/s1. The van der Waals surface area contributed by atoms with Gasteiger partial charge < -0.3 is 4.74 Å².